The number of ether oxygens (including phenoxy) is 1. The third-order valence-corrected chi connectivity index (χ3v) is 11.8. The molecule has 2 aliphatic rings. The van der Waals surface area contributed by atoms with E-state index in [1.165, 1.54) is 33.0 Å². The Labute approximate surface area is 386 Å². The van der Waals surface area contributed by atoms with Gasteiger partial charge in [0.1, 0.15) is 60.4 Å². The van der Waals surface area contributed by atoms with Crippen LogP contribution in [-0.2, 0) is 55.9 Å². The molecule has 0 aliphatic carbocycles. The number of benzene rings is 2. The number of aromatic hydroxyl groups is 1. The van der Waals surface area contributed by atoms with Gasteiger partial charge in [0.25, 0.3) is 0 Å². The maximum Gasteiger partial charge on any atom is 0.329 e. The fourth-order valence-corrected chi connectivity index (χ4v) is 8.16. The maximum atomic E-state index is 15.0. The topological polar surface area (TPSA) is 279 Å². The van der Waals surface area contributed by atoms with Gasteiger partial charge >= 0.3 is 5.97 Å². The molecule has 9 atom stereocenters. The Morgan fingerprint density at radius 2 is 1.47 bits per heavy atom. The number of unbranched alkanes of at least 4 members (excludes halogenated alkanes) is 1. The van der Waals surface area contributed by atoms with Crippen LogP contribution in [0.4, 0.5) is 0 Å². The number of nitrogens with one attached hydrogen (secondary N) is 5. The molecule has 362 valence electrons. The Bertz CT molecular complexity index is 2020. The summed E-state index contributed by atoms with van der Waals surface area (Å²) in [5, 5.41) is 34.9. The molecule has 19 nitrogen and oxygen atoms in total. The highest BCUT2D eigenvalue weighted by atomic mass is 16.5. The molecule has 2 aliphatic heterocycles. The molecule has 66 heavy (non-hydrogen) atoms. The number of aliphatic hydroxyl groups is 1. The summed E-state index contributed by atoms with van der Waals surface area (Å²) in [6.45, 7) is 9.84. The van der Waals surface area contributed by atoms with Crippen molar-refractivity contribution < 1.29 is 53.3 Å². The summed E-state index contributed by atoms with van der Waals surface area (Å²) in [5.74, 6) is -6.99. The Morgan fingerprint density at radius 3 is 2.08 bits per heavy atom. The number of esters is 1. The van der Waals surface area contributed by atoms with Crippen molar-refractivity contribution in [3.63, 3.8) is 0 Å². The van der Waals surface area contributed by atoms with E-state index in [2.05, 4.69) is 26.6 Å². The number of carbonyl (C=O) groups is 8. The molecule has 7 amide bonds. The lowest BCUT2D eigenvalue weighted by molar-refractivity contribution is -0.165. The smallest absolute Gasteiger partial charge is 0.329 e. The summed E-state index contributed by atoms with van der Waals surface area (Å²) in [5.41, 5.74) is 6.93. The Morgan fingerprint density at radius 1 is 0.833 bits per heavy atom. The van der Waals surface area contributed by atoms with Gasteiger partial charge in [-0.25, -0.2) is 4.79 Å². The highest BCUT2D eigenvalue weighted by Gasteiger charge is 2.46. The van der Waals surface area contributed by atoms with Crippen molar-refractivity contribution in [3.8, 4) is 5.75 Å². The number of nitrogens with two attached hydrogens (primary N) is 1. The van der Waals surface area contributed by atoms with Crippen molar-refractivity contribution in [3.05, 3.63) is 65.7 Å². The molecule has 0 radical (unpaired) electrons. The first kappa shape index (κ1) is 52.5. The summed E-state index contributed by atoms with van der Waals surface area (Å²) in [6.07, 6.45) is -2.13. The quantitative estimate of drug-likeness (QED) is 0.0953. The molecular formula is C47H68N8O11. The molecule has 0 unspecified atom stereocenters. The average Bonchev–Trinajstić information content (AvgIpc) is 3.26. The largest absolute Gasteiger partial charge is 0.508 e. The first-order valence-corrected chi connectivity index (χ1v) is 22.7. The molecule has 0 spiro atoms. The molecule has 2 fully saturated rings. The van der Waals surface area contributed by atoms with Crippen LogP contribution < -0.4 is 32.3 Å². The number of amides is 7. The van der Waals surface area contributed by atoms with Crippen LogP contribution >= 0.6 is 0 Å². The monoisotopic (exact) mass is 921 g/mol. The summed E-state index contributed by atoms with van der Waals surface area (Å²) in [6, 6.07) is 5.31. The number of carbonyl (C=O) groups excluding carboxylic acids is 8. The van der Waals surface area contributed by atoms with E-state index >= 15 is 0 Å². The number of hydrogen-bond donors (Lipinski definition) is 8. The zero-order valence-corrected chi connectivity index (χ0v) is 39.0. The third kappa shape index (κ3) is 14.5. The fraction of sp³-hybridized carbons (Fsp3) is 0.574. The Hall–Kier alpha value is -6.08. The molecule has 2 aromatic rings. The average molecular weight is 921 g/mol. The number of nitrogens with zero attached hydrogens (tertiary/aromatic N) is 2. The van der Waals surface area contributed by atoms with E-state index in [-0.39, 0.29) is 56.7 Å². The van der Waals surface area contributed by atoms with Crippen molar-refractivity contribution in [2.24, 2.45) is 17.6 Å². The first-order valence-electron chi connectivity index (χ1n) is 22.7. The lowest BCUT2D eigenvalue weighted by atomic mass is 9.95. The SMILES string of the molecule is CC(=O)N[C@@H](CC(C)C)C(=O)N[C@H]1C(=O)N[C@@H](CCCCN)C(=O)N[C@H]2CC[C@@H](O)N(C2=O)[C@H](Cc2ccccc2)C(=O)N(C)[C@@H](Cc2ccc(O)cc2)C(=O)N[C@H](C(C)C)C(=O)O[C@@H]1C. The number of rotatable bonds is 14. The molecule has 9 N–H and O–H groups in total. The normalized spacial score (nSPS) is 25.4. The molecule has 4 rings (SSSR count). The van der Waals surface area contributed by atoms with Crippen LogP contribution in [0.3, 0.4) is 0 Å². The van der Waals surface area contributed by atoms with Gasteiger partial charge in [0.15, 0.2) is 0 Å². The van der Waals surface area contributed by atoms with Crippen LogP contribution in [0.15, 0.2) is 54.6 Å². The molecule has 19 heteroatoms. The third-order valence-electron chi connectivity index (χ3n) is 11.8. The van der Waals surface area contributed by atoms with Gasteiger partial charge in [-0.15, -0.1) is 0 Å². The minimum absolute atomic E-state index is 0.0255. The number of phenolic OH excluding ortho intramolecular Hbond substituents is 1. The van der Waals surface area contributed by atoms with E-state index in [0.29, 0.717) is 24.0 Å². The van der Waals surface area contributed by atoms with Gasteiger partial charge in [-0.3, -0.25) is 33.6 Å². The van der Waals surface area contributed by atoms with Crippen LogP contribution in [0.25, 0.3) is 0 Å². The van der Waals surface area contributed by atoms with E-state index in [4.69, 9.17) is 10.5 Å². The molecule has 2 saturated heterocycles. The van der Waals surface area contributed by atoms with Gasteiger partial charge < -0.3 is 57.1 Å². The van der Waals surface area contributed by atoms with Crippen LogP contribution in [0.2, 0.25) is 0 Å². The summed E-state index contributed by atoms with van der Waals surface area (Å²) >= 11 is 0. The van der Waals surface area contributed by atoms with Crippen molar-refractivity contribution in [2.45, 2.75) is 148 Å². The van der Waals surface area contributed by atoms with Gasteiger partial charge in [-0.2, -0.15) is 0 Å². The number of aliphatic hydroxyl groups excluding tert-OH is 1. The number of piperidine rings is 1. The standard InChI is InChI=1S/C47H68N8O11/c1-26(2)23-35(49-29(6)56)42(60)53-40-28(5)66-47(65)39(27(3)4)52-43(61)36(24-31-16-18-32(57)19-17-31)54(7)46(64)37(25-30-13-9-8-10-14-30)55-38(58)21-20-34(45(55)63)51-41(59)33(50-44(40)62)15-11-12-22-48/h8-10,13-14,16-19,26-28,33-40,57-58H,11-12,15,20-25,48H2,1-7H3,(H,49,56)(H,50,62)(H,51,59)(H,52,61)(H,53,60)/t28-,33+,34+,35+,36+,37-,38-,39-,40-/m1/s1. The Balaban J connectivity index is 1.88. The second kappa shape index (κ2) is 24.4. The molecule has 0 aromatic heterocycles. The zero-order chi connectivity index (χ0) is 48.8. The van der Waals surface area contributed by atoms with Crippen molar-refractivity contribution in [2.75, 3.05) is 13.6 Å². The second-order valence-corrected chi connectivity index (χ2v) is 18.0. The highest BCUT2D eigenvalue weighted by Crippen LogP contribution is 2.26. The van der Waals surface area contributed by atoms with E-state index < -0.39 is 108 Å². The van der Waals surface area contributed by atoms with Crippen molar-refractivity contribution >= 4 is 47.3 Å². The van der Waals surface area contributed by atoms with Crippen LogP contribution in [0.1, 0.15) is 91.2 Å². The van der Waals surface area contributed by atoms with Gasteiger partial charge in [0, 0.05) is 26.8 Å². The highest BCUT2D eigenvalue weighted by molar-refractivity contribution is 5.98. The fourth-order valence-electron chi connectivity index (χ4n) is 8.16. The number of likely N-dealkylation sites (N-methyl/N-ethyl adjacent to an activating group) is 1. The molecule has 2 aromatic carbocycles. The number of fused-ring (bicyclic) bond motifs is 2. The summed E-state index contributed by atoms with van der Waals surface area (Å²) in [7, 11) is 1.38. The molecule has 2 heterocycles. The van der Waals surface area contributed by atoms with E-state index in [1.54, 1.807) is 56.3 Å². The lowest BCUT2D eigenvalue weighted by Crippen LogP contribution is -2.65. The van der Waals surface area contributed by atoms with Gasteiger partial charge in [0.2, 0.25) is 41.4 Å². The summed E-state index contributed by atoms with van der Waals surface area (Å²) in [4.78, 5) is 115. The second-order valence-electron chi connectivity index (χ2n) is 18.0. The predicted octanol–water partition coefficient (Wildman–Crippen LogP) is 0.534. The van der Waals surface area contributed by atoms with Gasteiger partial charge in [-0.05, 0) is 87.1 Å². The number of hydrogen-bond acceptors (Lipinski definition) is 12. The lowest BCUT2D eigenvalue weighted by Gasteiger charge is -2.43. The van der Waals surface area contributed by atoms with Crippen LogP contribution in [-0.4, -0.2) is 136 Å². The van der Waals surface area contributed by atoms with Crippen LogP contribution in [0.5, 0.6) is 5.75 Å². The van der Waals surface area contributed by atoms with Gasteiger partial charge in [0.05, 0.1) is 0 Å². The predicted molar refractivity (Wildman–Crippen MR) is 242 cm³/mol. The first-order chi connectivity index (χ1) is 31.2. The van der Waals surface area contributed by atoms with E-state index in [1.807, 2.05) is 13.8 Å². The van der Waals surface area contributed by atoms with Crippen molar-refractivity contribution in [1.82, 2.24) is 36.4 Å². The minimum Gasteiger partial charge on any atom is -0.508 e. The Kier molecular flexibility index (Phi) is 19.5. The van der Waals surface area contributed by atoms with Gasteiger partial charge in [-0.1, -0.05) is 70.2 Å². The molecule has 0 saturated carbocycles. The number of cyclic esters (lactones) is 1. The van der Waals surface area contributed by atoms with E-state index in [0.717, 1.165) is 9.80 Å². The van der Waals surface area contributed by atoms with Crippen molar-refractivity contribution in [1.29, 1.82) is 0 Å². The maximum absolute atomic E-state index is 15.0. The van der Waals surface area contributed by atoms with Crippen LogP contribution in [0, 0.1) is 11.8 Å². The summed E-state index contributed by atoms with van der Waals surface area (Å²) < 4.78 is 5.88. The van der Waals surface area contributed by atoms with E-state index in [9.17, 15) is 48.6 Å². The minimum atomic E-state index is -1.65. The number of phenols is 1. The molecule has 2 bridgehead atoms. The molecular weight excluding hydrogens is 853 g/mol. The zero-order valence-electron chi connectivity index (χ0n) is 39.0.